The molecular weight excluding hydrogens is 242 g/mol. The smallest absolute Gasteiger partial charge is 0.180 e. The lowest BCUT2D eigenvalue weighted by Crippen LogP contribution is -2.25. The van der Waals surface area contributed by atoms with Crippen LogP contribution in [0.15, 0.2) is 30.3 Å². The summed E-state index contributed by atoms with van der Waals surface area (Å²) in [5, 5.41) is 0.719. The summed E-state index contributed by atoms with van der Waals surface area (Å²) in [6, 6.07) is 10.7. The van der Waals surface area contributed by atoms with E-state index in [0.717, 1.165) is 37.6 Å². The Bertz CT molecular complexity index is 496. The minimum absolute atomic E-state index is 0.719. The van der Waals surface area contributed by atoms with Gasteiger partial charge in [0.15, 0.2) is 5.13 Å². The molecule has 0 atom stereocenters. The zero-order valence-electron chi connectivity index (χ0n) is 10.3. The molecule has 0 spiro atoms. The fraction of sp³-hybridized carbons (Fsp3) is 0.357. The van der Waals surface area contributed by atoms with Gasteiger partial charge in [0, 0.05) is 30.9 Å². The molecule has 2 N–H and O–H groups in total. The number of nitrogen functional groups attached to an aromatic ring is 1. The summed E-state index contributed by atoms with van der Waals surface area (Å²) in [5.41, 5.74) is 8.36. The predicted octanol–water partition coefficient (Wildman–Crippen LogP) is 2.33. The maximum Gasteiger partial charge on any atom is 0.180 e. The summed E-state index contributed by atoms with van der Waals surface area (Å²) < 4.78 is 0. The molecule has 1 aromatic heterocycles. The molecule has 0 bridgehead atoms. The summed E-state index contributed by atoms with van der Waals surface area (Å²) in [6.45, 7) is 3.21. The van der Waals surface area contributed by atoms with E-state index in [1.807, 2.05) is 0 Å². The van der Waals surface area contributed by atoms with E-state index in [1.165, 1.54) is 16.1 Å². The standard InChI is InChI=1S/C14H17N3S/c15-14-16-12-6-8-17(9-7-13(12)18-14)10-11-4-2-1-3-5-11/h1-5H,6-10H2,(H2,15,16). The monoisotopic (exact) mass is 259 g/mol. The van der Waals surface area contributed by atoms with Crippen molar-refractivity contribution >= 4 is 16.5 Å². The highest BCUT2D eigenvalue weighted by Crippen LogP contribution is 2.24. The quantitative estimate of drug-likeness (QED) is 0.900. The number of hydrogen-bond donors (Lipinski definition) is 1. The van der Waals surface area contributed by atoms with Gasteiger partial charge >= 0.3 is 0 Å². The second-order valence-electron chi connectivity index (χ2n) is 4.68. The van der Waals surface area contributed by atoms with Crippen LogP contribution in [0.1, 0.15) is 16.1 Å². The van der Waals surface area contributed by atoms with Crippen molar-refractivity contribution in [3.63, 3.8) is 0 Å². The Morgan fingerprint density at radius 2 is 1.94 bits per heavy atom. The van der Waals surface area contributed by atoms with E-state index in [1.54, 1.807) is 11.3 Å². The van der Waals surface area contributed by atoms with Gasteiger partial charge < -0.3 is 5.73 Å². The normalized spacial score (nSPS) is 16.2. The number of nitrogens with zero attached hydrogens (tertiary/aromatic N) is 2. The van der Waals surface area contributed by atoms with E-state index in [2.05, 4.69) is 40.2 Å². The van der Waals surface area contributed by atoms with E-state index in [-0.39, 0.29) is 0 Å². The number of rotatable bonds is 2. The number of thiazole rings is 1. The number of aromatic nitrogens is 1. The molecule has 2 heterocycles. The van der Waals surface area contributed by atoms with Crippen LogP contribution in [-0.4, -0.2) is 23.0 Å². The first-order valence-electron chi connectivity index (χ1n) is 6.31. The van der Waals surface area contributed by atoms with Crippen LogP contribution >= 0.6 is 11.3 Å². The largest absolute Gasteiger partial charge is 0.375 e. The van der Waals surface area contributed by atoms with Crippen LogP contribution in [-0.2, 0) is 19.4 Å². The molecule has 0 aliphatic carbocycles. The molecule has 3 rings (SSSR count). The minimum Gasteiger partial charge on any atom is -0.375 e. The molecule has 0 saturated heterocycles. The van der Waals surface area contributed by atoms with E-state index in [9.17, 15) is 0 Å². The van der Waals surface area contributed by atoms with E-state index >= 15 is 0 Å². The maximum atomic E-state index is 5.76. The van der Waals surface area contributed by atoms with Gasteiger partial charge in [-0.25, -0.2) is 4.98 Å². The molecule has 0 unspecified atom stereocenters. The lowest BCUT2D eigenvalue weighted by molar-refractivity contribution is 0.279. The molecule has 0 radical (unpaired) electrons. The van der Waals surface area contributed by atoms with Crippen molar-refractivity contribution in [2.24, 2.45) is 0 Å². The van der Waals surface area contributed by atoms with Crippen LogP contribution in [0.4, 0.5) is 5.13 Å². The highest BCUT2D eigenvalue weighted by atomic mass is 32.1. The molecule has 3 nitrogen and oxygen atoms in total. The maximum absolute atomic E-state index is 5.76. The SMILES string of the molecule is Nc1nc2c(s1)CCN(Cc1ccccc1)CC2. The van der Waals surface area contributed by atoms with Gasteiger partial charge in [0.1, 0.15) is 0 Å². The molecule has 1 aliphatic heterocycles. The first-order chi connectivity index (χ1) is 8.81. The van der Waals surface area contributed by atoms with Crippen molar-refractivity contribution in [3.8, 4) is 0 Å². The third-order valence-corrected chi connectivity index (χ3v) is 4.35. The fourth-order valence-corrected chi connectivity index (χ4v) is 3.30. The first-order valence-corrected chi connectivity index (χ1v) is 7.13. The van der Waals surface area contributed by atoms with Gasteiger partial charge in [-0.15, -0.1) is 11.3 Å². The summed E-state index contributed by atoms with van der Waals surface area (Å²) >= 11 is 1.65. The summed E-state index contributed by atoms with van der Waals surface area (Å²) in [7, 11) is 0. The van der Waals surface area contributed by atoms with Crippen molar-refractivity contribution in [2.45, 2.75) is 19.4 Å². The van der Waals surface area contributed by atoms with Crippen molar-refractivity contribution in [3.05, 3.63) is 46.5 Å². The van der Waals surface area contributed by atoms with Gasteiger partial charge in [0.2, 0.25) is 0 Å². The van der Waals surface area contributed by atoms with Crippen molar-refractivity contribution in [1.29, 1.82) is 0 Å². The molecule has 0 saturated carbocycles. The molecule has 4 heteroatoms. The van der Waals surface area contributed by atoms with Crippen molar-refractivity contribution < 1.29 is 0 Å². The molecule has 1 aliphatic rings. The van der Waals surface area contributed by atoms with Gasteiger partial charge in [0.25, 0.3) is 0 Å². The van der Waals surface area contributed by atoms with Gasteiger partial charge in [-0.2, -0.15) is 0 Å². The fourth-order valence-electron chi connectivity index (χ4n) is 2.43. The third-order valence-electron chi connectivity index (χ3n) is 3.36. The molecule has 0 fully saturated rings. The lowest BCUT2D eigenvalue weighted by Gasteiger charge is -2.19. The van der Waals surface area contributed by atoms with Crippen LogP contribution in [0.5, 0.6) is 0 Å². The second kappa shape index (κ2) is 5.08. The lowest BCUT2D eigenvalue weighted by atomic mass is 10.2. The zero-order valence-corrected chi connectivity index (χ0v) is 11.1. The first kappa shape index (κ1) is 11.7. The summed E-state index contributed by atoms with van der Waals surface area (Å²) in [4.78, 5) is 8.30. The zero-order chi connectivity index (χ0) is 12.4. The molecule has 0 amide bonds. The Morgan fingerprint density at radius 1 is 1.17 bits per heavy atom. The van der Waals surface area contributed by atoms with Crippen molar-refractivity contribution in [1.82, 2.24) is 9.88 Å². The Labute approximate surface area is 111 Å². The molecule has 94 valence electrons. The van der Waals surface area contributed by atoms with Gasteiger partial charge in [-0.1, -0.05) is 30.3 Å². The summed E-state index contributed by atoms with van der Waals surface area (Å²) in [6.07, 6.45) is 2.10. The summed E-state index contributed by atoms with van der Waals surface area (Å²) in [5.74, 6) is 0. The Morgan fingerprint density at radius 3 is 2.78 bits per heavy atom. The second-order valence-corrected chi connectivity index (χ2v) is 5.80. The van der Waals surface area contributed by atoms with E-state index in [0.29, 0.717) is 0 Å². The van der Waals surface area contributed by atoms with E-state index < -0.39 is 0 Å². The average molecular weight is 259 g/mol. The number of anilines is 1. The van der Waals surface area contributed by atoms with Crippen LogP contribution < -0.4 is 5.73 Å². The highest BCUT2D eigenvalue weighted by molar-refractivity contribution is 7.15. The molecule has 18 heavy (non-hydrogen) atoms. The topological polar surface area (TPSA) is 42.1 Å². The Kier molecular flexibility index (Phi) is 3.30. The number of benzene rings is 1. The van der Waals surface area contributed by atoms with Crippen LogP contribution in [0.2, 0.25) is 0 Å². The molecule has 1 aromatic carbocycles. The highest BCUT2D eigenvalue weighted by Gasteiger charge is 2.17. The van der Waals surface area contributed by atoms with Crippen LogP contribution in [0, 0.1) is 0 Å². The van der Waals surface area contributed by atoms with Gasteiger partial charge in [-0.05, 0) is 12.0 Å². The Balaban J connectivity index is 1.66. The predicted molar refractivity (Wildman–Crippen MR) is 75.7 cm³/mol. The molecule has 2 aromatic rings. The Hall–Kier alpha value is -1.39. The number of hydrogen-bond acceptors (Lipinski definition) is 4. The van der Waals surface area contributed by atoms with Crippen LogP contribution in [0.3, 0.4) is 0 Å². The minimum atomic E-state index is 0.719. The number of fused-ring (bicyclic) bond motifs is 1. The molecular formula is C14H17N3S. The van der Waals surface area contributed by atoms with Crippen LogP contribution in [0.25, 0.3) is 0 Å². The average Bonchev–Trinajstić information content (AvgIpc) is 2.65. The van der Waals surface area contributed by atoms with E-state index in [4.69, 9.17) is 5.73 Å². The van der Waals surface area contributed by atoms with Gasteiger partial charge in [-0.3, -0.25) is 4.90 Å². The number of nitrogens with two attached hydrogens (primary N) is 1. The van der Waals surface area contributed by atoms with Crippen molar-refractivity contribution in [2.75, 3.05) is 18.8 Å². The third kappa shape index (κ3) is 2.54. The van der Waals surface area contributed by atoms with Gasteiger partial charge in [0.05, 0.1) is 5.69 Å².